The summed E-state index contributed by atoms with van der Waals surface area (Å²) in [7, 11) is 0. The molecule has 0 radical (unpaired) electrons. The van der Waals surface area contributed by atoms with Gasteiger partial charge in [0.1, 0.15) is 12.4 Å². The molecule has 0 amide bonds. The number of carbonyl (C=O) groups is 1. The van der Waals surface area contributed by atoms with E-state index in [1.807, 2.05) is 0 Å². The van der Waals surface area contributed by atoms with Gasteiger partial charge in [0.15, 0.2) is 0 Å². The summed E-state index contributed by atoms with van der Waals surface area (Å²) in [6.45, 7) is 0.323. The first-order chi connectivity index (χ1) is 6.25. The van der Waals surface area contributed by atoms with Crippen LogP contribution in [0.15, 0.2) is 30.3 Å². The SMILES string of the molecule is O=C1C=C(c2ccc(O)cc2)CO1. The minimum Gasteiger partial charge on any atom is -0.508 e. The maximum absolute atomic E-state index is 10.7. The number of rotatable bonds is 1. The molecule has 1 aliphatic rings. The second-order valence-electron chi connectivity index (χ2n) is 2.82. The second-order valence-corrected chi connectivity index (χ2v) is 2.82. The highest BCUT2D eigenvalue weighted by atomic mass is 16.5. The number of hydrogen-bond acceptors (Lipinski definition) is 3. The summed E-state index contributed by atoms with van der Waals surface area (Å²) < 4.78 is 4.76. The number of carbonyl (C=O) groups excluding carboxylic acids is 1. The number of phenols is 1. The molecule has 0 saturated heterocycles. The highest BCUT2D eigenvalue weighted by Crippen LogP contribution is 2.21. The molecule has 1 heterocycles. The Morgan fingerprint density at radius 3 is 2.46 bits per heavy atom. The van der Waals surface area contributed by atoms with Gasteiger partial charge in [-0.15, -0.1) is 0 Å². The fourth-order valence-corrected chi connectivity index (χ4v) is 1.22. The van der Waals surface area contributed by atoms with Crippen LogP contribution in [0.4, 0.5) is 0 Å². The van der Waals surface area contributed by atoms with Gasteiger partial charge >= 0.3 is 5.97 Å². The molecule has 0 atom stereocenters. The Bertz CT molecular complexity index is 362. The van der Waals surface area contributed by atoms with Crippen LogP contribution in [0.25, 0.3) is 5.57 Å². The van der Waals surface area contributed by atoms with Crippen LogP contribution >= 0.6 is 0 Å². The van der Waals surface area contributed by atoms with Gasteiger partial charge in [0.25, 0.3) is 0 Å². The Morgan fingerprint density at radius 1 is 1.23 bits per heavy atom. The number of ether oxygens (including phenoxy) is 1. The van der Waals surface area contributed by atoms with Crippen molar-refractivity contribution in [3.05, 3.63) is 35.9 Å². The van der Waals surface area contributed by atoms with E-state index >= 15 is 0 Å². The maximum atomic E-state index is 10.7. The van der Waals surface area contributed by atoms with Crippen molar-refractivity contribution in [2.75, 3.05) is 6.61 Å². The number of esters is 1. The third-order valence-corrected chi connectivity index (χ3v) is 1.90. The molecule has 0 aromatic heterocycles. The minimum atomic E-state index is -0.303. The van der Waals surface area contributed by atoms with Crippen LogP contribution in [-0.4, -0.2) is 17.7 Å². The smallest absolute Gasteiger partial charge is 0.331 e. The molecule has 2 rings (SSSR count). The summed E-state index contributed by atoms with van der Waals surface area (Å²) in [4.78, 5) is 10.7. The first-order valence-corrected chi connectivity index (χ1v) is 3.92. The lowest BCUT2D eigenvalue weighted by Gasteiger charge is -1.99. The first-order valence-electron chi connectivity index (χ1n) is 3.92. The van der Waals surface area contributed by atoms with E-state index in [0.29, 0.717) is 6.61 Å². The molecule has 0 fully saturated rings. The predicted molar refractivity (Wildman–Crippen MR) is 47.0 cm³/mol. The van der Waals surface area contributed by atoms with Gasteiger partial charge in [-0.1, -0.05) is 12.1 Å². The van der Waals surface area contributed by atoms with E-state index in [-0.39, 0.29) is 11.7 Å². The quantitative estimate of drug-likeness (QED) is 0.656. The molecule has 3 heteroatoms. The molecular formula is C10H8O3. The lowest BCUT2D eigenvalue weighted by molar-refractivity contribution is -0.134. The molecule has 1 aromatic rings. The third-order valence-electron chi connectivity index (χ3n) is 1.90. The standard InChI is InChI=1S/C10H8O3/c11-9-3-1-7(2-4-9)8-5-10(12)13-6-8/h1-5,11H,6H2. The molecule has 0 spiro atoms. The van der Waals surface area contributed by atoms with Crippen molar-refractivity contribution in [2.45, 2.75) is 0 Å². The van der Waals surface area contributed by atoms with Gasteiger partial charge in [0, 0.05) is 11.6 Å². The molecule has 66 valence electrons. The minimum absolute atomic E-state index is 0.217. The Kier molecular flexibility index (Phi) is 1.77. The number of phenolic OH excluding ortho intramolecular Hbond substituents is 1. The summed E-state index contributed by atoms with van der Waals surface area (Å²) in [6.07, 6.45) is 1.46. The molecule has 1 aromatic carbocycles. The number of benzene rings is 1. The fourth-order valence-electron chi connectivity index (χ4n) is 1.22. The lowest BCUT2D eigenvalue weighted by atomic mass is 10.1. The van der Waals surface area contributed by atoms with Gasteiger partial charge in [0.2, 0.25) is 0 Å². The topological polar surface area (TPSA) is 46.5 Å². The first kappa shape index (κ1) is 7.86. The highest BCUT2D eigenvalue weighted by molar-refractivity contribution is 5.95. The highest BCUT2D eigenvalue weighted by Gasteiger charge is 2.13. The van der Waals surface area contributed by atoms with Crippen molar-refractivity contribution >= 4 is 11.5 Å². The molecular weight excluding hydrogens is 168 g/mol. The molecule has 0 saturated carbocycles. The summed E-state index contributed by atoms with van der Waals surface area (Å²) in [6, 6.07) is 6.67. The monoisotopic (exact) mass is 176 g/mol. The Balaban J connectivity index is 2.31. The zero-order valence-electron chi connectivity index (χ0n) is 6.86. The zero-order valence-corrected chi connectivity index (χ0v) is 6.86. The summed E-state index contributed by atoms with van der Waals surface area (Å²) in [5, 5.41) is 9.03. The summed E-state index contributed by atoms with van der Waals surface area (Å²) in [5.41, 5.74) is 1.76. The number of cyclic esters (lactones) is 1. The van der Waals surface area contributed by atoms with Crippen molar-refractivity contribution < 1.29 is 14.6 Å². The predicted octanol–water partition coefficient (Wildman–Crippen LogP) is 1.33. The second kappa shape index (κ2) is 2.94. The van der Waals surface area contributed by atoms with Gasteiger partial charge in [-0.3, -0.25) is 0 Å². The van der Waals surface area contributed by atoms with Gasteiger partial charge in [0.05, 0.1) is 0 Å². The van der Waals surface area contributed by atoms with Crippen LogP contribution in [-0.2, 0) is 9.53 Å². The van der Waals surface area contributed by atoms with Gasteiger partial charge in [-0.2, -0.15) is 0 Å². The zero-order chi connectivity index (χ0) is 9.26. The van der Waals surface area contributed by atoms with Gasteiger partial charge in [-0.25, -0.2) is 4.79 Å². The summed E-state index contributed by atoms with van der Waals surface area (Å²) >= 11 is 0. The van der Waals surface area contributed by atoms with Crippen LogP contribution in [0.2, 0.25) is 0 Å². The molecule has 13 heavy (non-hydrogen) atoms. The van der Waals surface area contributed by atoms with Crippen LogP contribution in [0.1, 0.15) is 5.56 Å². The van der Waals surface area contributed by atoms with Crippen LogP contribution in [0.3, 0.4) is 0 Å². The maximum Gasteiger partial charge on any atom is 0.331 e. The number of aromatic hydroxyl groups is 1. The fraction of sp³-hybridized carbons (Fsp3) is 0.100. The molecule has 0 bridgehead atoms. The molecule has 3 nitrogen and oxygen atoms in total. The molecule has 0 aliphatic carbocycles. The Labute approximate surface area is 75.3 Å². The van der Waals surface area contributed by atoms with E-state index in [0.717, 1.165) is 11.1 Å². The summed E-state index contributed by atoms with van der Waals surface area (Å²) in [5.74, 6) is -0.0855. The van der Waals surface area contributed by atoms with E-state index < -0.39 is 0 Å². The Morgan fingerprint density at radius 2 is 1.92 bits per heavy atom. The average molecular weight is 176 g/mol. The van der Waals surface area contributed by atoms with E-state index in [2.05, 4.69) is 0 Å². The van der Waals surface area contributed by atoms with Gasteiger partial charge in [-0.05, 0) is 17.7 Å². The van der Waals surface area contributed by atoms with Crippen molar-refractivity contribution in [3.63, 3.8) is 0 Å². The molecule has 1 N–H and O–H groups in total. The van der Waals surface area contributed by atoms with Crippen molar-refractivity contribution in [1.29, 1.82) is 0 Å². The lowest BCUT2D eigenvalue weighted by Crippen LogP contribution is -1.91. The Hall–Kier alpha value is -1.77. The number of hydrogen-bond donors (Lipinski definition) is 1. The molecule has 0 unspecified atom stereocenters. The van der Waals surface area contributed by atoms with Crippen LogP contribution in [0.5, 0.6) is 5.75 Å². The largest absolute Gasteiger partial charge is 0.508 e. The molecule has 1 aliphatic heterocycles. The third kappa shape index (κ3) is 1.54. The van der Waals surface area contributed by atoms with Crippen LogP contribution < -0.4 is 0 Å². The van der Waals surface area contributed by atoms with E-state index in [1.54, 1.807) is 24.3 Å². The van der Waals surface area contributed by atoms with Crippen molar-refractivity contribution in [3.8, 4) is 5.75 Å². The normalized spacial score (nSPS) is 15.4. The average Bonchev–Trinajstić information content (AvgIpc) is 2.53. The van der Waals surface area contributed by atoms with Crippen LogP contribution in [0, 0.1) is 0 Å². The van der Waals surface area contributed by atoms with E-state index in [4.69, 9.17) is 9.84 Å². The van der Waals surface area contributed by atoms with Gasteiger partial charge < -0.3 is 9.84 Å². The van der Waals surface area contributed by atoms with Crippen molar-refractivity contribution in [2.24, 2.45) is 0 Å². The van der Waals surface area contributed by atoms with E-state index in [9.17, 15) is 4.79 Å². The van der Waals surface area contributed by atoms with Crippen molar-refractivity contribution in [1.82, 2.24) is 0 Å². The van der Waals surface area contributed by atoms with E-state index in [1.165, 1.54) is 6.08 Å².